The Balaban J connectivity index is 2.25. The molecule has 0 amide bonds. The molecule has 1 N–H and O–H groups in total. The molecule has 0 saturated heterocycles. The smallest absolute Gasteiger partial charge is 0.310 e. The van der Waals surface area contributed by atoms with Gasteiger partial charge in [-0.25, -0.2) is 8.42 Å². The minimum atomic E-state index is -3.69. The van der Waals surface area contributed by atoms with Crippen molar-refractivity contribution < 1.29 is 17.9 Å². The van der Waals surface area contributed by atoms with Gasteiger partial charge in [0.05, 0.1) is 29.0 Å². The lowest BCUT2D eigenvalue weighted by Gasteiger charge is -2.19. The molecular formula is C14H18ClNO4S. The van der Waals surface area contributed by atoms with Crippen molar-refractivity contribution in [2.45, 2.75) is 31.4 Å². The Hall–Kier alpha value is -1.27. The molecule has 5 nitrogen and oxygen atoms in total. The minimum absolute atomic E-state index is 0.330. The number of anilines is 1. The number of benzene rings is 1. The highest BCUT2D eigenvalue weighted by Gasteiger charge is 2.42. The number of sulfonamides is 1. The molecule has 1 fully saturated rings. The van der Waals surface area contributed by atoms with Gasteiger partial charge in [-0.2, -0.15) is 0 Å². The highest BCUT2D eigenvalue weighted by molar-refractivity contribution is 7.93. The van der Waals surface area contributed by atoms with E-state index in [1.165, 1.54) is 7.11 Å². The van der Waals surface area contributed by atoms with E-state index >= 15 is 0 Å². The van der Waals surface area contributed by atoms with Crippen LogP contribution in [-0.4, -0.2) is 26.7 Å². The van der Waals surface area contributed by atoms with Gasteiger partial charge in [0.1, 0.15) is 0 Å². The Bertz CT molecular complexity index is 644. The molecule has 0 aromatic heterocycles. The molecule has 21 heavy (non-hydrogen) atoms. The van der Waals surface area contributed by atoms with E-state index in [2.05, 4.69) is 4.72 Å². The maximum absolute atomic E-state index is 12.5. The van der Waals surface area contributed by atoms with E-state index in [1.54, 1.807) is 18.2 Å². The number of rotatable bonds is 4. The predicted molar refractivity (Wildman–Crippen MR) is 81.9 cm³/mol. The number of aryl methyl sites for hydroxylation is 1. The molecule has 2 rings (SSSR count). The molecule has 116 valence electrons. The highest BCUT2D eigenvalue weighted by Crippen LogP contribution is 2.34. The second-order valence-electron chi connectivity index (χ2n) is 5.23. The largest absolute Gasteiger partial charge is 0.469 e. The minimum Gasteiger partial charge on any atom is -0.469 e. The SMILES string of the molecule is COC(=O)C1CCCC1S(=O)(=O)Nc1cc(C)ccc1Cl. The molecule has 7 heteroatoms. The second kappa shape index (κ2) is 6.23. The molecule has 0 heterocycles. The van der Waals surface area contributed by atoms with Gasteiger partial charge in [-0.15, -0.1) is 0 Å². The standard InChI is InChI=1S/C14H18ClNO4S/c1-9-6-7-11(15)12(8-9)16-21(18,19)13-5-3-4-10(13)14(17)20-2/h6-8,10,13,16H,3-5H2,1-2H3. The fraction of sp³-hybridized carbons (Fsp3) is 0.500. The normalized spacial score (nSPS) is 22.0. The topological polar surface area (TPSA) is 72.5 Å². The van der Waals surface area contributed by atoms with Crippen LogP contribution in [0.15, 0.2) is 18.2 Å². The number of hydrogen-bond donors (Lipinski definition) is 1. The molecule has 0 spiro atoms. The highest BCUT2D eigenvalue weighted by atomic mass is 35.5. The lowest BCUT2D eigenvalue weighted by molar-refractivity contribution is -0.145. The van der Waals surface area contributed by atoms with E-state index in [1.807, 2.05) is 6.92 Å². The van der Waals surface area contributed by atoms with Crippen molar-refractivity contribution in [1.82, 2.24) is 0 Å². The molecule has 0 bridgehead atoms. The molecule has 0 aliphatic heterocycles. The van der Waals surface area contributed by atoms with Crippen LogP contribution in [0, 0.1) is 12.8 Å². The molecule has 1 aliphatic rings. The van der Waals surface area contributed by atoms with Crippen molar-refractivity contribution in [1.29, 1.82) is 0 Å². The third-order valence-corrected chi connectivity index (χ3v) is 5.92. The summed E-state index contributed by atoms with van der Waals surface area (Å²) in [6.07, 6.45) is 1.66. The predicted octanol–water partition coefficient (Wildman–Crippen LogP) is 2.73. The van der Waals surface area contributed by atoms with E-state index in [0.29, 0.717) is 30.0 Å². The Kier molecular flexibility index (Phi) is 4.78. The molecule has 0 radical (unpaired) electrons. The van der Waals surface area contributed by atoms with E-state index in [0.717, 1.165) is 5.56 Å². The number of halogens is 1. The Morgan fingerprint density at radius 2 is 2.10 bits per heavy atom. The number of methoxy groups -OCH3 is 1. The van der Waals surface area contributed by atoms with E-state index in [-0.39, 0.29) is 0 Å². The average Bonchev–Trinajstić information content (AvgIpc) is 2.92. The second-order valence-corrected chi connectivity index (χ2v) is 7.54. The van der Waals surface area contributed by atoms with Gasteiger partial charge in [0.25, 0.3) is 0 Å². The lowest BCUT2D eigenvalue weighted by atomic mass is 10.1. The Morgan fingerprint density at radius 1 is 1.38 bits per heavy atom. The number of carbonyl (C=O) groups excluding carboxylic acids is 1. The van der Waals surface area contributed by atoms with Crippen LogP contribution in [0.4, 0.5) is 5.69 Å². The van der Waals surface area contributed by atoms with Gasteiger partial charge in [0.2, 0.25) is 10.0 Å². The van der Waals surface area contributed by atoms with Crippen LogP contribution in [0.5, 0.6) is 0 Å². The van der Waals surface area contributed by atoms with E-state index in [4.69, 9.17) is 16.3 Å². The molecule has 1 saturated carbocycles. The first kappa shape index (κ1) is 16.1. The first-order valence-corrected chi connectivity index (χ1v) is 8.63. The summed E-state index contributed by atoms with van der Waals surface area (Å²) in [5.41, 5.74) is 1.24. The summed E-state index contributed by atoms with van der Waals surface area (Å²) in [6.45, 7) is 1.85. The van der Waals surface area contributed by atoms with Crippen LogP contribution in [0.3, 0.4) is 0 Å². The number of esters is 1. The van der Waals surface area contributed by atoms with Gasteiger partial charge in [-0.1, -0.05) is 24.1 Å². The van der Waals surface area contributed by atoms with Gasteiger partial charge < -0.3 is 4.74 Å². The van der Waals surface area contributed by atoms with Crippen molar-refractivity contribution in [3.05, 3.63) is 28.8 Å². The molecule has 2 atom stereocenters. The van der Waals surface area contributed by atoms with E-state index in [9.17, 15) is 13.2 Å². The average molecular weight is 332 g/mol. The summed E-state index contributed by atoms with van der Waals surface area (Å²) < 4.78 is 32.2. The summed E-state index contributed by atoms with van der Waals surface area (Å²) in [7, 11) is -2.42. The summed E-state index contributed by atoms with van der Waals surface area (Å²) in [5.74, 6) is -1.09. The van der Waals surface area contributed by atoms with Crippen molar-refractivity contribution in [2.75, 3.05) is 11.8 Å². The van der Waals surface area contributed by atoms with Crippen LogP contribution in [0.2, 0.25) is 5.02 Å². The summed E-state index contributed by atoms with van der Waals surface area (Å²) in [4.78, 5) is 11.7. The van der Waals surface area contributed by atoms with Gasteiger partial charge in [-0.3, -0.25) is 9.52 Å². The van der Waals surface area contributed by atoms with Gasteiger partial charge >= 0.3 is 5.97 Å². The lowest BCUT2D eigenvalue weighted by Crippen LogP contribution is -2.35. The molecule has 1 aromatic rings. The maximum atomic E-state index is 12.5. The Morgan fingerprint density at radius 3 is 2.76 bits per heavy atom. The fourth-order valence-corrected chi connectivity index (χ4v) is 4.67. The third kappa shape index (κ3) is 3.49. The monoisotopic (exact) mass is 331 g/mol. The zero-order chi connectivity index (χ0) is 15.6. The summed E-state index contributed by atoms with van der Waals surface area (Å²) in [6, 6.07) is 5.11. The van der Waals surface area contributed by atoms with E-state index < -0.39 is 27.2 Å². The number of carbonyl (C=O) groups is 1. The van der Waals surface area contributed by atoms with Gasteiger partial charge in [-0.05, 0) is 37.5 Å². The number of ether oxygens (including phenoxy) is 1. The van der Waals surface area contributed by atoms with Crippen LogP contribution < -0.4 is 4.72 Å². The molecular weight excluding hydrogens is 314 g/mol. The zero-order valence-corrected chi connectivity index (χ0v) is 13.5. The Labute approximate surface area is 129 Å². The summed E-state index contributed by atoms with van der Waals surface area (Å²) >= 11 is 6.02. The number of hydrogen-bond acceptors (Lipinski definition) is 4. The zero-order valence-electron chi connectivity index (χ0n) is 11.9. The number of nitrogens with one attached hydrogen (secondary N) is 1. The van der Waals surface area contributed by atoms with Crippen LogP contribution in [0.1, 0.15) is 24.8 Å². The molecule has 1 aromatic carbocycles. The third-order valence-electron chi connectivity index (χ3n) is 3.73. The fourth-order valence-electron chi connectivity index (χ4n) is 2.66. The first-order chi connectivity index (χ1) is 9.85. The molecule has 1 aliphatic carbocycles. The van der Waals surface area contributed by atoms with Gasteiger partial charge in [0.15, 0.2) is 0 Å². The van der Waals surface area contributed by atoms with Crippen LogP contribution in [-0.2, 0) is 19.6 Å². The van der Waals surface area contributed by atoms with Crippen LogP contribution >= 0.6 is 11.6 Å². The quantitative estimate of drug-likeness (QED) is 0.861. The van der Waals surface area contributed by atoms with Crippen LogP contribution in [0.25, 0.3) is 0 Å². The summed E-state index contributed by atoms with van der Waals surface area (Å²) in [5, 5.41) is -0.446. The first-order valence-electron chi connectivity index (χ1n) is 6.71. The van der Waals surface area contributed by atoms with Crippen molar-refractivity contribution in [3.63, 3.8) is 0 Å². The van der Waals surface area contributed by atoms with Crippen molar-refractivity contribution in [2.24, 2.45) is 5.92 Å². The van der Waals surface area contributed by atoms with Gasteiger partial charge in [0, 0.05) is 0 Å². The maximum Gasteiger partial charge on any atom is 0.310 e. The van der Waals surface area contributed by atoms with Crippen molar-refractivity contribution >= 4 is 33.3 Å². The molecule has 2 unspecified atom stereocenters. The van der Waals surface area contributed by atoms with Crippen molar-refractivity contribution in [3.8, 4) is 0 Å².